The fourth-order valence-electron chi connectivity index (χ4n) is 3.60. The number of aryl methyl sites for hydroxylation is 3. The van der Waals surface area contributed by atoms with E-state index in [1.165, 1.54) is 27.9 Å². The Balaban J connectivity index is 0.00000196. The van der Waals surface area contributed by atoms with Crippen LogP contribution in [0.3, 0.4) is 0 Å². The van der Waals surface area contributed by atoms with Gasteiger partial charge in [-0.25, -0.2) is 9.97 Å². The second kappa shape index (κ2) is 7.58. The van der Waals surface area contributed by atoms with Crippen molar-refractivity contribution in [3.05, 3.63) is 83.4 Å². The van der Waals surface area contributed by atoms with Crippen LogP contribution < -0.4 is 0 Å². The zero-order valence-electron chi connectivity index (χ0n) is 15.2. The van der Waals surface area contributed by atoms with Crippen LogP contribution in [0.5, 0.6) is 0 Å². The maximum atomic E-state index is 4.80. The largest absolute Gasteiger partial charge is 0.338 e. The number of nitrogens with zero attached hydrogens (tertiary/aromatic N) is 3. The predicted octanol–water partition coefficient (Wildman–Crippen LogP) is 5.69. The Hall–Kier alpha value is -2.21. The molecule has 0 bridgehead atoms. The Labute approximate surface area is 171 Å². The smallest absolute Gasteiger partial charge is 0.126 e. The summed E-state index contributed by atoms with van der Waals surface area (Å²) in [4.78, 5) is 9.40. The van der Waals surface area contributed by atoms with Gasteiger partial charge in [0.25, 0.3) is 0 Å². The molecule has 0 unspecified atom stereocenters. The summed E-state index contributed by atoms with van der Waals surface area (Å²) in [6.07, 6.45) is 0. The molecule has 2 aromatic carbocycles. The summed E-state index contributed by atoms with van der Waals surface area (Å²) in [5, 5.41) is 1.17. The molecule has 3 nitrogen and oxygen atoms in total. The molecule has 2 aromatic heterocycles. The lowest BCUT2D eigenvalue weighted by molar-refractivity contribution is 0.788. The van der Waals surface area contributed by atoms with Gasteiger partial charge < -0.3 is 4.57 Å². The molecule has 0 aliphatic heterocycles. The van der Waals surface area contributed by atoms with Crippen molar-refractivity contribution >= 4 is 34.9 Å². The average Bonchev–Trinajstić information content (AvgIpc) is 2.88. The SMILES string of the molecule is Cc1nc(C)c2c(C)n(Cc3ccccc3)c(-c3ccccc3)c2n1.I. The van der Waals surface area contributed by atoms with Crippen LogP contribution >= 0.6 is 24.0 Å². The van der Waals surface area contributed by atoms with Crippen molar-refractivity contribution in [2.45, 2.75) is 27.3 Å². The van der Waals surface area contributed by atoms with Crippen molar-refractivity contribution in [3.63, 3.8) is 0 Å². The molecule has 0 aliphatic carbocycles. The first-order valence-electron chi connectivity index (χ1n) is 8.58. The summed E-state index contributed by atoms with van der Waals surface area (Å²) in [6.45, 7) is 7.03. The van der Waals surface area contributed by atoms with E-state index in [0.29, 0.717) is 0 Å². The molecule has 26 heavy (non-hydrogen) atoms. The van der Waals surface area contributed by atoms with Gasteiger partial charge in [0, 0.05) is 23.2 Å². The fourth-order valence-corrected chi connectivity index (χ4v) is 3.60. The summed E-state index contributed by atoms with van der Waals surface area (Å²) < 4.78 is 2.37. The number of hydrogen-bond acceptors (Lipinski definition) is 2. The molecular formula is C22H22IN3. The third-order valence-corrected chi connectivity index (χ3v) is 4.69. The maximum Gasteiger partial charge on any atom is 0.126 e. The number of fused-ring (bicyclic) bond motifs is 1. The van der Waals surface area contributed by atoms with Gasteiger partial charge in [-0.1, -0.05) is 60.7 Å². The lowest BCUT2D eigenvalue weighted by Gasteiger charge is -2.12. The highest BCUT2D eigenvalue weighted by Gasteiger charge is 2.19. The minimum absolute atomic E-state index is 0. The van der Waals surface area contributed by atoms with Crippen LogP contribution in [-0.2, 0) is 6.54 Å². The van der Waals surface area contributed by atoms with Crippen LogP contribution in [0.2, 0.25) is 0 Å². The van der Waals surface area contributed by atoms with Crippen molar-refractivity contribution in [1.29, 1.82) is 0 Å². The number of hydrogen-bond donors (Lipinski definition) is 0. The van der Waals surface area contributed by atoms with Gasteiger partial charge in [0.15, 0.2) is 0 Å². The summed E-state index contributed by atoms with van der Waals surface area (Å²) in [6, 6.07) is 21.1. The Morgan fingerprint density at radius 3 is 2.08 bits per heavy atom. The van der Waals surface area contributed by atoms with Crippen molar-refractivity contribution in [3.8, 4) is 11.3 Å². The molecule has 0 aliphatic rings. The number of benzene rings is 2. The summed E-state index contributed by atoms with van der Waals surface area (Å²) in [7, 11) is 0. The average molecular weight is 455 g/mol. The van der Waals surface area contributed by atoms with Crippen molar-refractivity contribution in [1.82, 2.24) is 14.5 Å². The molecule has 2 heterocycles. The van der Waals surface area contributed by atoms with E-state index >= 15 is 0 Å². The van der Waals surface area contributed by atoms with Gasteiger partial charge in [-0.05, 0) is 26.3 Å². The Bertz CT molecular complexity index is 1040. The van der Waals surface area contributed by atoms with E-state index in [4.69, 9.17) is 4.98 Å². The quantitative estimate of drug-likeness (QED) is 0.372. The van der Waals surface area contributed by atoms with E-state index in [1.54, 1.807) is 0 Å². The van der Waals surface area contributed by atoms with Gasteiger partial charge in [0.1, 0.15) is 11.3 Å². The molecular weight excluding hydrogens is 433 g/mol. The predicted molar refractivity (Wildman–Crippen MR) is 118 cm³/mol. The van der Waals surface area contributed by atoms with Gasteiger partial charge >= 0.3 is 0 Å². The number of halogens is 1. The first kappa shape index (κ1) is 18.6. The first-order valence-corrected chi connectivity index (χ1v) is 8.58. The Morgan fingerprint density at radius 2 is 1.42 bits per heavy atom. The number of rotatable bonds is 3. The van der Waals surface area contributed by atoms with E-state index in [2.05, 4.69) is 84.1 Å². The van der Waals surface area contributed by atoms with Gasteiger partial charge in [0.05, 0.1) is 11.4 Å². The molecule has 4 rings (SSSR count). The zero-order valence-corrected chi connectivity index (χ0v) is 17.6. The highest BCUT2D eigenvalue weighted by atomic mass is 127. The lowest BCUT2D eigenvalue weighted by atomic mass is 10.1. The van der Waals surface area contributed by atoms with E-state index in [1.807, 2.05) is 6.92 Å². The Morgan fingerprint density at radius 1 is 0.808 bits per heavy atom. The molecule has 4 aromatic rings. The van der Waals surface area contributed by atoms with Crippen molar-refractivity contribution < 1.29 is 0 Å². The molecule has 132 valence electrons. The van der Waals surface area contributed by atoms with Gasteiger partial charge in [-0.2, -0.15) is 0 Å². The summed E-state index contributed by atoms with van der Waals surface area (Å²) in [5.74, 6) is 0.819. The third-order valence-electron chi connectivity index (χ3n) is 4.69. The van der Waals surface area contributed by atoms with Gasteiger partial charge in [0.2, 0.25) is 0 Å². The van der Waals surface area contributed by atoms with Crippen LogP contribution in [0.1, 0.15) is 22.8 Å². The minimum Gasteiger partial charge on any atom is -0.338 e. The highest BCUT2D eigenvalue weighted by Crippen LogP contribution is 2.34. The second-order valence-corrected chi connectivity index (χ2v) is 6.45. The second-order valence-electron chi connectivity index (χ2n) is 6.45. The molecule has 4 heteroatoms. The van der Waals surface area contributed by atoms with Crippen molar-refractivity contribution in [2.24, 2.45) is 0 Å². The molecule has 0 N–H and O–H groups in total. The van der Waals surface area contributed by atoms with E-state index in [9.17, 15) is 0 Å². The Kier molecular flexibility index (Phi) is 5.41. The van der Waals surface area contributed by atoms with Gasteiger partial charge in [-0.15, -0.1) is 24.0 Å². The molecule has 0 atom stereocenters. The van der Waals surface area contributed by atoms with Crippen LogP contribution in [-0.4, -0.2) is 14.5 Å². The van der Waals surface area contributed by atoms with E-state index in [-0.39, 0.29) is 24.0 Å². The van der Waals surface area contributed by atoms with Crippen molar-refractivity contribution in [2.75, 3.05) is 0 Å². The van der Waals surface area contributed by atoms with Crippen LogP contribution in [0, 0.1) is 20.8 Å². The standard InChI is InChI=1S/C22H21N3.HI/c1-15-20-16(2)25(14-18-10-6-4-7-11-18)22(19-12-8-5-9-13-19)21(20)24-17(3)23-15;/h4-13H,14H2,1-3H3;1H. The first-order chi connectivity index (χ1) is 12.1. The lowest BCUT2D eigenvalue weighted by Crippen LogP contribution is -2.03. The zero-order chi connectivity index (χ0) is 17.4. The third kappa shape index (κ3) is 3.26. The summed E-state index contributed by atoms with van der Waals surface area (Å²) in [5.41, 5.74) is 6.95. The van der Waals surface area contributed by atoms with Crippen LogP contribution in [0.4, 0.5) is 0 Å². The fraction of sp³-hybridized carbons (Fsp3) is 0.182. The molecule has 0 radical (unpaired) electrons. The molecule has 0 spiro atoms. The summed E-state index contributed by atoms with van der Waals surface area (Å²) >= 11 is 0. The van der Waals surface area contributed by atoms with E-state index in [0.717, 1.165) is 23.6 Å². The maximum absolute atomic E-state index is 4.80. The molecule has 0 fully saturated rings. The van der Waals surface area contributed by atoms with Crippen LogP contribution in [0.15, 0.2) is 60.7 Å². The highest BCUT2D eigenvalue weighted by molar-refractivity contribution is 14.0. The topological polar surface area (TPSA) is 30.7 Å². The normalized spacial score (nSPS) is 10.7. The molecule has 0 saturated heterocycles. The van der Waals surface area contributed by atoms with E-state index < -0.39 is 0 Å². The van der Waals surface area contributed by atoms with Crippen LogP contribution in [0.25, 0.3) is 22.2 Å². The molecule has 0 saturated carbocycles. The number of aromatic nitrogens is 3. The monoisotopic (exact) mass is 455 g/mol. The van der Waals surface area contributed by atoms with Gasteiger partial charge in [-0.3, -0.25) is 0 Å². The minimum atomic E-state index is 0. The molecule has 0 amide bonds.